The van der Waals surface area contributed by atoms with Crippen molar-refractivity contribution in [1.29, 1.82) is 0 Å². The highest BCUT2D eigenvalue weighted by Crippen LogP contribution is 2.02. The first-order valence-corrected chi connectivity index (χ1v) is 3.74. The van der Waals surface area contributed by atoms with Gasteiger partial charge in [0.1, 0.15) is 5.70 Å². The van der Waals surface area contributed by atoms with Crippen LogP contribution in [0.5, 0.6) is 0 Å². The lowest BCUT2D eigenvalue weighted by Crippen LogP contribution is -2.05. The van der Waals surface area contributed by atoms with Crippen molar-refractivity contribution >= 4 is 0 Å². The zero-order valence-electron chi connectivity index (χ0n) is 7.57. The molecule has 12 heavy (non-hydrogen) atoms. The smallest absolute Gasteiger partial charge is 0.265 e. The van der Waals surface area contributed by atoms with Crippen molar-refractivity contribution < 1.29 is 4.92 Å². The van der Waals surface area contributed by atoms with Gasteiger partial charge < -0.3 is 5.73 Å². The number of nitrogens with zero attached hydrogens (tertiary/aromatic N) is 1. The molecular formula is C8H14N2O2. The summed E-state index contributed by atoms with van der Waals surface area (Å²) in [5.41, 5.74) is 5.63. The molecule has 0 aliphatic carbocycles. The van der Waals surface area contributed by atoms with E-state index in [0.29, 0.717) is 5.92 Å². The van der Waals surface area contributed by atoms with Gasteiger partial charge in [-0.3, -0.25) is 10.1 Å². The highest BCUT2D eigenvalue weighted by molar-refractivity contribution is 5.17. The molecule has 0 amide bonds. The second-order valence-corrected chi connectivity index (χ2v) is 2.90. The van der Waals surface area contributed by atoms with E-state index in [1.807, 2.05) is 19.9 Å². The van der Waals surface area contributed by atoms with E-state index in [9.17, 15) is 10.1 Å². The molecule has 0 saturated heterocycles. The molecule has 0 bridgehead atoms. The Labute approximate surface area is 71.9 Å². The highest BCUT2D eigenvalue weighted by Gasteiger charge is 2.05. The van der Waals surface area contributed by atoms with E-state index in [1.165, 1.54) is 6.92 Å². The van der Waals surface area contributed by atoms with Crippen molar-refractivity contribution in [3.63, 3.8) is 0 Å². The van der Waals surface area contributed by atoms with Crippen molar-refractivity contribution in [3.05, 3.63) is 33.7 Å². The van der Waals surface area contributed by atoms with E-state index >= 15 is 0 Å². The third kappa shape index (κ3) is 3.75. The number of allylic oxidation sites excluding steroid dienone is 3. The van der Waals surface area contributed by atoms with E-state index in [1.54, 1.807) is 6.08 Å². The largest absolute Gasteiger partial charge is 0.393 e. The molecule has 0 heterocycles. The van der Waals surface area contributed by atoms with Crippen LogP contribution in [0.1, 0.15) is 20.8 Å². The zero-order valence-corrected chi connectivity index (χ0v) is 7.57. The van der Waals surface area contributed by atoms with Gasteiger partial charge in [-0.2, -0.15) is 0 Å². The predicted molar refractivity (Wildman–Crippen MR) is 47.9 cm³/mol. The van der Waals surface area contributed by atoms with Crippen LogP contribution in [0.4, 0.5) is 0 Å². The summed E-state index contributed by atoms with van der Waals surface area (Å²) >= 11 is 0. The monoisotopic (exact) mass is 170 g/mol. The first kappa shape index (κ1) is 10.7. The quantitative estimate of drug-likeness (QED) is 0.398. The summed E-state index contributed by atoms with van der Waals surface area (Å²) in [6, 6.07) is 0. The first-order valence-electron chi connectivity index (χ1n) is 3.74. The Morgan fingerprint density at radius 3 is 2.42 bits per heavy atom. The number of hydrogen-bond donors (Lipinski definition) is 1. The van der Waals surface area contributed by atoms with E-state index in [2.05, 4.69) is 0 Å². The number of nitrogens with two attached hydrogens (primary N) is 1. The summed E-state index contributed by atoms with van der Waals surface area (Å²) < 4.78 is 0. The van der Waals surface area contributed by atoms with Gasteiger partial charge in [0.2, 0.25) is 0 Å². The van der Waals surface area contributed by atoms with Crippen molar-refractivity contribution in [3.8, 4) is 0 Å². The molecule has 68 valence electrons. The Bertz CT molecular complexity index is 229. The van der Waals surface area contributed by atoms with Gasteiger partial charge in [0.15, 0.2) is 0 Å². The topological polar surface area (TPSA) is 69.2 Å². The van der Waals surface area contributed by atoms with Crippen LogP contribution in [0.25, 0.3) is 0 Å². The van der Waals surface area contributed by atoms with Crippen LogP contribution in [0.2, 0.25) is 0 Å². The summed E-state index contributed by atoms with van der Waals surface area (Å²) in [7, 11) is 0. The molecule has 0 aromatic rings. The van der Waals surface area contributed by atoms with Gasteiger partial charge in [0.05, 0.1) is 4.92 Å². The fourth-order valence-corrected chi connectivity index (χ4v) is 0.522. The summed E-state index contributed by atoms with van der Waals surface area (Å²) in [5, 5.41) is 10.2. The fraction of sp³-hybridized carbons (Fsp3) is 0.500. The van der Waals surface area contributed by atoms with Crippen LogP contribution < -0.4 is 5.73 Å². The number of rotatable bonds is 3. The molecule has 0 fully saturated rings. The van der Waals surface area contributed by atoms with Gasteiger partial charge in [-0.25, -0.2) is 0 Å². The molecule has 0 rings (SSSR count). The first-order chi connectivity index (χ1) is 5.45. The summed E-state index contributed by atoms with van der Waals surface area (Å²) in [6.45, 7) is 5.34. The van der Waals surface area contributed by atoms with Gasteiger partial charge in [-0.15, -0.1) is 0 Å². The molecule has 0 saturated carbocycles. The van der Waals surface area contributed by atoms with Gasteiger partial charge in [0, 0.05) is 6.92 Å². The molecule has 4 heteroatoms. The molecule has 0 aliphatic rings. The lowest BCUT2D eigenvalue weighted by molar-refractivity contribution is -0.425. The standard InChI is InChI=1S/C8H14N2O2/c1-6(2)4-5-8(9)7(3)10(11)12/h4-6H,9H2,1-3H3/b5-4-,8-7-. The third-order valence-corrected chi connectivity index (χ3v) is 1.35. The molecule has 0 aromatic carbocycles. The second-order valence-electron chi connectivity index (χ2n) is 2.90. The Morgan fingerprint density at radius 1 is 1.58 bits per heavy atom. The van der Waals surface area contributed by atoms with Crippen molar-refractivity contribution in [2.45, 2.75) is 20.8 Å². The summed E-state index contributed by atoms with van der Waals surface area (Å²) in [6.07, 6.45) is 3.39. The van der Waals surface area contributed by atoms with Crippen LogP contribution in [-0.4, -0.2) is 4.92 Å². The Hall–Kier alpha value is -1.32. The van der Waals surface area contributed by atoms with Gasteiger partial charge in [0.25, 0.3) is 5.70 Å². The minimum absolute atomic E-state index is 0.00750. The van der Waals surface area contributed by atoms with Gasteiger partial charge in [-0.05, 0) is 12.0 Å². The minimum Gasteiger partial charge on any atom is -0.393 e. The van der Waals surface area contributed by atoms with E-state index in [0.717, 1.165) is 0 Å². The maximum Gasteiger partial charge on any atom is 0.265 e. The average molecular weight is 170 g/mol. The Morgan fingerprint density at radius 2 is 2.08 bits per heavy atom. The molecule has 0 atom stereocenters. The normalized spacial score (nSPS) is 13.7. The Kier molecular flexibility index (Phi) is 4.04. The van der Waals surface area contributed by atoms with Gasteiger partial charge in [-0.1, -0.05) is 19.9 Å². The molecular weight excluding hydrogens is 156 g/mol. The van der Waals surface area contributed by atoms with Crippen LogP contribution in [0.15, 0.2) is 23.5 Å². The number of hydrogen-bond acceptors (Lipinski definition) is 3. The Balaban J connectivity index is 4.47. The van der Waals surface area contributed by atoms with E-state index in [-0.39, 0.29) is 11.4 Å². The van der Waals surface area contributed by atoms with Crippen LogP contribution >= 0.6 is 0 Å². The van der Waals surface area contributed by atoms with Gasteiger partial charge >= 0.3 is 0 Å². The maximum absolute atomic E-state index is 10.2. The van der Waals surface area contributed by atoms with Crippen molar-refractivity contribution in [2.75, 3.05) is 0 Å². The molecule has 2 N–H and O–H groups in total. The maximum atomic E-state index is 10.2. The summed E-state index contributed by atoms with van der Waals surface area (Å²) in [4.78, 5) is 9.73. The van der Waals surface area contributed by atoms with Crippen LogP contribution in [0.3, 0.4) is 0 Å². The predicted octanol–water partition coefficient (Wildman–Crippen LogP) is 1.67. The molecule has 0 spiro atoms. The second kappa shape index (κ2) is 4.54. The SMILES string of the molecule is C/C(=C(N)\C=C/C(C)C)[N+](=O)[O-]. The van der Waals surface area contributed by atoms with Crippen molar-refractivity contribution in [2.24, 2.45) is 11.7 Å². The molecule has 4 nitrogen and oxygen atoms in total. The summed E-state index contributed by atoms with van der Waals surface area (Å²) in [5.74, 6) is 0.350. The molecule has 0 aromatic heterocycles. The van der Waals surface area contributed by atoms with E-state index < -0.39 is 4.92 Å². The van der Waals surface area contributed by atoms with Crippen LogP contribution in [0, 0.1) is 16.0 Å². The lowest BCUT2D eigenvalue weighted by atomic mass is 10.2. The average Bonchev–Trinajstić information content (AvgIpc) is 1.98. The zero-order chi connectivity index (χ0) is 9.72. The molecule has 0 radical (unpaired) electrons. The fourth-order valence-electron chi connectivity index (χ4n) is 0.522. The lowest BCUT2D eigenvalue weighted by Gasteiger charge is -1.95. The third-order valence-electron chi connectivity index (χ3n) is 1.35. The number of nitro groups is 1. The highest BCUT2D eigenvalue weighted by atomic mass is 16.6. The minimum atomic E-state index is -0.486. The van der Waals surface area contributed by atoms with Crippen molar-refractivity contribution in [1.82, 2.24) is 0 Å². The van der Waals surface area contributed by atoms with Crippen LogP contribution in [-0.2, 0) is 0 Å². The van der Waals surface area contributed by atoms with E-state index in [4.69, 9.17) is 5.73 Å². The molecule has 0 unspecified atom stereocenters. The molecule has 0 aliphatic heterocycles.